The summed E-state index contributed by atoms with van der Waals surface area (Å²) in [6.45, 7) is 8.97. The SMILES string of the molecule is CCCCCCCCCCCCCCCCCCCCCCN(CCCCCCCCCCCCCCCCCCCCCC)Cc1ccccc1.NCc1ccccc1. The quantitative estimate of drug-likeness (QED) is 0.0674. The summed E-state index contributed by atoms with van der Waals surface area (Å²) in [7, 11) is 0. The maximum Gasteiger partial charge on any atom is 0.0233 e. The summed E-state index contributed by atoms with van der Waals surface area (Å²) in [5, 5.41) is 0. The van der Waals surface area contributed by atoms with E-state index in [0.29, 0.717) is 6.54 Å². The minimum Gasteiger partial charge on any atom is -0.326 e. The Bertz CT molecular complexity index is 993. The fraction of sp³-hybridized carbons (Fsp3) is 0.793. The highest BCUT2D eigenvalue weighted by Gasteiger charge is 2.06. The van der Waals surface area contributed by atoms with Crippen LogP contribution >= 0.6 is 0 Å². The van der Waals surface area contributed by atoms with Crippen LogP contribution in [-0.2, 0) is 13.1 Å². The molecule has 2 N–H and O–H groups in total. The van der Waals surface area contributed by atoms with Gasteiger partial charge in [-0.2, -0.15) is 0 Å². The smallest absolute Gasteiger partial charge is 0.0233 e. The zero-order chi connectivity index (χ0) is 42.9. The van der Waals surface area contributed by atoms with E-state index in [-0.39, 0.29) is 0 Å². The lowest BCUT2D eigenvalue weighted by Crippen LogP contribution is -2.25. The molecule has 0 spiro atoms. The van der Waals surface area contributed by atoms with Crippen LogP contribution in [0, 0.1) is 0 Å². The molecule has 0 radical (unpaired) electrons. The van der Waals surface area contributed by atoms with E-state index in [4.69, 9.17) is 5.73 Å². The molecule has 0 aliphatic carbocycles. The molecule has 60 heavy (non-hydrogen) atoms. The van der Waals surface area contributed by atoms with Gasteiger partial charge in [-0.25, -0.2) is 0 Å². The van der Waals surface area contributed by atoms with E-state index in [1.165, 1.54) is 281 Å². The van der Waals surface area contributed by atoms with Gasteiger partial charge in [0.2, 0.25) is 0 Å². The third kappa shape index (κ3) is 41.7. The molecular weight excluding hydrogens is 725 g/mol. The predicted molar refractivity (Wildman–Crippen MR) is 272 cm³/mol. The van der Waals surface area contributed by atoms with Crippen LogP contribution < -0.4 is 5.73 Å². The molecule has 0 atom stereocenters. The second kappa shape index (κ2) is 48.4. The Balaban J connectivity index is 0.00000200. The molecule has 0 fully saturated rings. The molecule has 2 rings (SSSR count). The van der Waals surface area contributed by atoms with Crippen LogP contribution in [0.15, 0.2) is 60.7 Å². The van der Waals surface area contributed by atoms with Gasteiger partial charge in [-0.15, -0.1) is 0 Å². The topological polar surface area (TPSA) is 29.3 Å². The van der Waals surface area contributed by atoms with E-state index in [0.717, 1.165) is 6.54 Å². The van der Waals surface area contributed by atoms with E-state index >= 15 is 0 Å². The van der Waals surface area contributed by atoms with E-state index < -0.39 is 0 Å². The number of nitrogens with zero attached hydrogens (tertiary/aromatic N) is 1. The van der Waals surface area contributed by atoms with Crippen molar-refractivity contribution in [2.45, 2.75) is 284 Å². The van der Waals surface area contributed by atoms with E-state index in [9.17, 15) is 0 Å². The van der Waals surface area contributed by atoms with Crippen molar-refractivity contribution in [3.63, 3.8) is 0 Å². The third-order valence-electron chi connectivity index (χ3n) is 13.0. The van der Waals surface area contributed by atoms with E-state index in [1.54, 1.807) is 0 Å². The minimum absolute atomic E-state index is 0.640. The van der Waals surface area contributed by atoms with E-state index in [1.807, 2.05) is 30.3 Å². The van der Waals surface area contributed by atoms with Gasteiger partial charge >= 0.3 is 0 Å². The van der Waals surface area contributed by atoms with Crippen molar-refractivity contribution in [1.29, 1.82) is 0 Å². The molecule has 0 unspecified atom stereocenters. The van der Waals surface area contributed by atoms with Crippen LogP contribution in [0.4, 0.5) is 0 Å². The standard InChI is InChI=1S/C51H97N.C7H9N/c1-3-5-7-9-11-13-15-17-19-21-23-25-27-29-31-33-35-37-39-44-48-52(50-51-46-42-41-43-47-51)49-45-40-38-36-34-32-30-28-26-24-22-20-18-16-14-12-10-8-6-4-2;8-6-7-4-2-1-3-5-7/h41-43,46-47H,3-40,44-45,48-50H2,1-2H3;1-5H,6,8H2. The molecule has 0 aromatic heterocycles. The highest BCUT2D eigenvalue weighted by molar-refractivity contribution is 5.14. The molecule has 0 saturated carbocycles. The zero-order valence-electron chi connectivity index (χ0n) is 40.9. The number of benzene rings is 2. The van der Waals surface area contributed by atoms with Gasteiger partial charge in [0.1, 0.15) is 0 Å². The maximum atomic E-state index is 5.35. The molecule has 2 heteroatoms. The summed E-state index contributed by atoms with van der Waals surface area (Å²) in [6, 6.07) is 21.2. The summed E-state index contributed by atoms with van der Waals surface area (Å²) in [4.78, 5) is 2.76. The normalized spacial score (nSPS) is 11.3. The van der Waals surface area contributed by atoms with Crippen molar-refractivity contribution in [2.24, 2.45) is 5.73 Å². The number of unbranched alkanes of at least 4 members (excludes halogenated alkanes) is 38. The molecule has 2 nitrogen and oxygen atoms in total. The minimum atomic E-state index is 0.640. The van der Waals surface area contributed by atoms with Gasteiger partial charge in [0.15, 0.2) is 0 Å². The molecule has 0 bridgehead atoms. The van der Waals surface area contributed by atoms with Crippen LogP contribution in [-0.4, -0.2) is 18.0 Å². The average molecular weight is 831 g/mol. The lowest BCUT2D eigenvalue weighted by Gasteiger charge is -2.22. The Kier molecular flexibility index (Phi) is 45.5. The molecular formula is C58H106N2. The average Bonchev–Trinajstić information content (AvgIpc) is 3.28. The van der Waals surface area contributed by atoms with Crippen LogP contribution in [0.3, 0.4) is 0 Å². The molecule has 0 amide bonds. The van der Waals surface area contributed by atoms with Gasteiger partial charge in [-0.05, 0) is 37.1 Å². The number of hydrogen-bond donors (Lipinski definition) is 1. The predicted octanol–water partition coefficient (Wildman–Crippen LogP) is 19.3. The van der Waals surface area contributed by atoms with Gasteiger partial charge in [-0.1, -0.05) is 319 Å². The van der Waals surface area contributed by atoms with Gasteiger partial charge in [-0.3, -0.25) is 4.90 Å². The van der Waals surface area contributed by atoms with Crippen LogP contribution in [0.5, 0.6) is 0 Å². The second-order valence-electron chi connectivity index (χ2n) is 18.9. The number of hydrogen-bond acceptors (Lipinski definition) is 2. The summed E-state index contributed by atoms with van der Waals surface area (Å²) in [5.41, 5.74) is 8.03. The highest BCUT2D eigenvalue weighted by Crippen LogP contribution is 2.18. The van der Waals surface area contributed by atoms with Gasteiger partial charge in [0.25, 0.3) is 0 Å². The molecule has 0 heterocycles. The van der Waals surface area contributed by atoms with Crippen molar-refractivity contribution >= 4 is 0 Å². The first-order valence-corrected chi connectivity index (χ1v) is 27.3. The highest BCUT2D eigenvalue weighted by atomic mass is 15.1. The van der Waals surface area contributed by atoms with Crippen LogP contribution in [0.1, 0.15) is 282 Å². The Hall–Kier alpha value is -1.64. The fourth-order valence-electron chi connectivity index (χ4n) is 8.91. The van der Waals surface area contributed by atoms with Crippen molar-refractivity contribution in [3.8, 4) is 0 Å². The fourth-order valence-corrected chi connectivity index (χ4v) is 8.91. The van der Waals surface area contributed by atoms with Crippen LogP contribution in [0.2, 0.25) is 0 Å². The van der Waals surface area contributed by atoms with Crippen molar-refractivity contribution in [3.05, 3.63) is 71.8 Å². The Labute approximate surface area is 377 Å². The second-order valence-corrected chi connectivity index (χ2v) is 18.9. The molecule has 0 saturated heterocycles. The van der Waals surface area contributed by atoms with Gasteiger partial charge < -0.3 is 5.73 Å². The Morgan fingerprint density at radius 1 is 0.283 bits per heavy atom. The maximum absolute atomic E-state index is 5.35. The van der Waals surface area contributed by atoms with Crippen LogP contribution in [0.25, 0.3) is 0 Å². The third-order valence-corrected chi connectivity index (χ3v) is 13.0. The lowest BCUT2D eigenvalue weighted by molar-refractivity contribution is 0.252. The molecule has 2 aromatic rings. The summed E-state index contributed by atoms with van der Waals surface area (Å²) in [6.07, 6.45) is 58.4. The lowest BCUT2D eigenvalue weighted by atomic mass is 10.0. The number of rotatable bonds is 45. The molecule has 0 aliphatic rings. The Morgan fingerprint density at radius 2 is 0.500 bits per heavy atom. The number of nitrogens with two attached hydrogens (primary N) is 1. The largest absolute Gasteiger partial charge is 0.326 e. The van der Waals surface area contributed by atoms with Crippen molar-refractivity contribution in [2.75, 3.05) is 13.1 Å². The summed E-state index contributed by atoms with van der Waals surface area (Å²) < 4.78 is 0. The van der Waals surface area contributed by atoms with Crippen molar-refractivity contribution < 1.29 is 0 Å². The van der Waals surface area contributed by atoms with Gasteiger partial charge in [0.05, 0.1) is 0 Å². The van der Waals surface area contributed by atoms with Crippen molar-refractivity contribution in [1.82, 2.24) is 4.90 Å². The molecule has 2 aromatic carbocycles. The first kappa shape index (κ1) is 56.4. The first-order chi connectivity index (χ1) is 29.8. The summed E-state index contributed by atoms with van der Waals surface area (Å²) >= 11 is 0. The molecule has 0 aliphatic heterocycles. The van der Waals surface area contributed by atoms with E-state index in [2.05, 4.69) is 49.1 Å². The first-order valence-electron chi connectivity index (χ1n) is 27.3. The summed E-state index contributed by atoms with van der Waals surface area (Å²) in [5.74, 6) is 0. The molecule has 348 valence electrons. The zero-order valence-corrected chi connectivity index (χ0v) is 40.9. The van der Waals surface area contributed by atoms with Gasteiger partial charge in [0, 0.05) is 13.1 Å². The monoisotopic (exact) mass is 831 g/mol. The Morgan fingerprint density at radius 3 is 0.717 bits per heavy atom.